The van der Waals surface area contributed by atoms with E-state index in [1.165, 1.54) is 11.1 Å². The van der Waals surface area contributed by atoms with Crippen molar-refractivity contribution in [3.05, 3.63) is 158 Å². The molecule has 6 nitrogen and oxygen atoms in total. The lowest BCUT2D eigenvalue weighted by molar-refractivity contribution is 1.30. The summed E-state index contributed by atoms with van der Waals surface area (Å²) in [6.45, 7) is 4.20. The van der Waals surface area contributed by atoms with Gasteiger partial charge in [0, 0.05) is 43.4 Å². The highest BCUT2D eigenvalue weighted by atomic mass is 32.1. The zero-order valence-corrected chi connectivity index (χ0v) is 28.1. The van der Waals surface area contributed by atoms with Crippen LogP contribution in [0.2, 0.25) is 0 Å². The smallest absolute Gasteiger partial charge is 0.252 e. The molecule has 234 valence electrons. The minimum atomic E-state index is -0.605. The lowest BCUT2D eigenvalue weighted by Gasteiger charge is -2.24. The van der Waals surface area contributed by atoms with Gasteiger partial charge in [0.1, 0.15) is 21.4 Å². The van der Waals surface area contributed by atoms with Crippen LogP contribution in [-0.4, -0.2) is 8.75 Å². The van der Waals surface area contributed by atoms with Crippen LogP contribution in [0.5, 0.6) is 0 Å². The van der Waals surface area contributed by atoms with E-state index in [0.29, 0.717) is 27.5 Å². The normalized spacial score (nSPS) is 12.2. The van der Waals surface area contributed by atoms with Gasteiger partial charge in [-0.3, -0.25) is 9.59 Å². The Kier molecular flexibility index (Phi) is 6.82. The van der Waals surface area contributed by atoms with Gasteiger partial charge in [0.25, 0.3) is 5.43 Å². The van der Waals surface area contributed by atoms with E-state index in [2.05, 4.69) is 95.9 Å². The van der Waals surface area contributed by atoms with Crippen LogP contribution in [0.3, 0.4) is 0 Å². The molecule has 0 saturated heterocycles. The number of nitrogens with zero attached hydrogens (tertiary/aromatic N) is 4. The Morgan fingerprint density at radius 2 is 1.18 bits per heavy atom. The molecule has 0 saturated carbocycles. The first-order valence-electron chi connectivity index (χ1n) is 15.9. The molecule has 0 amide bonds. The minimum Gasteiger partial charge on any atom is -0.301 e. The van der Waals surface area contributed by atoms with Gasteiger partial charge in [-0.15, -0.1) is 11.3 Å². The van der Waals surface area contributed by atoms with E-state index in [9.17, 15) is 9.59 Å². The van der Waals surface area contributed by atoms with Crippen LogP contribution in [0.25, 0.3) is 53.8 Å². The molecule has 2 aromatic heterocycles. The first-order chi connectivity index (χ1) is 23.9. The first kappa shape index (κ1) is 29.3. The highest BCUT2D eigenvalue weighted by Crippen LogP contribution is 2.50. The molecule has 9 aromatic rings. The average Bonchev–Trinajstić information content (AvgIpc) is 3.83. The van der Waals surface area contributed by atoms with Crippen LogP contribution in [0.15, 0.2) is 136 Å². The summed E-state index contributed by atoms with van der Waals surface area (Å²) in [7, 11) is 0. The molecule has 7 aromatic carbocycles. The topological polar surface area (TPSA) is 75.5 Å². The molecule has 0 spiro atoms. The molecule has 2 heterocycles. The van der Waals surface area contributed by atoms with E-state index in [1.54, 1.807) is 17.4 Å². The molecule has 0 bridgehead atoms. The molecule has 0 N–H and O–H groups in total. The number of aryl methyl sites for hydroxylation is 2. The summed E-state index contributed by atoms with van der Waals surface area (Å²) in [4.78, 5) is 34.5. The van der Waals surface area contributed by atoms with Gasteiger partial charge in [-0.1, -0.05) is 83.9 Å². The van der Waals surface area contributed by atoms with Crippen molar-refractivity contribution in [1.82, 2.24) is 8.75 Å². The molecule has 9 rings (SSSR count). The highest BCUT2D eigenvalue weighted by Gasteiger charge is 2.23. The lowest BCUT2D eigenvalue weighted by atomic mass is 10.1. The second-order valence-corrected chi connectivity index (χ2v) is 13.8. The monoisotopic (exact) mass is 670 g/mol. The third-order valence-corrected chi connectivity index (χ3v) is 10.8. The second kappa shape index (κ2) is 11.4. The van der Waals surface area contributed by atoms with Gasteiger partial charge in [-0.2, -0.15) is 8.75 Å². The number of aromatic nitrogens is 2. The third kappa shape index (κ3) is 4.79. The zero-order chi connectivity index (χ0) is 33.2. The van der Waals surface area contributed by atoms with E-state index < -0.39 is 10.9 Å². The second-order valence-electron chi connectivity index (χ2n) is 12.2. The highest BCUT2D eigenvalue weighted by molar-refractivity contribution is 7.21. The van der Waals surface area contributed by atoms with Crippen LogP contribution in [0.1, 0.15) is 11.1 Å². The maximum Gasteiger partial charge on any atom is 0.252 e. The van der Waals surface area contributed by atoms with Gasteiger partial charge in [0.2, 0.25) is 5.43 Å². The van der Waals surface area contributed by atoms with Gasteiger partial charge in [0.05, 0.1) is 17.4 Å². The largest absolute Gasteiger partial charge is 0.301 e. The number of benzene rings is 6. The number of hydrogen-bond acceptors (Lipinski definition) is 8. The van der Waals surface area contributed by atoms with Crippen LogP contribution in [-0.2, 0) is 0 Å². The molecule has 49 heavy (non-hydrogen) atoms. The molecule has 0 atom stereocenters. The van der Waals surface area contributed by atoms with Gasteiger partial charge < -0.3 is 4.90 Å². The Labute approximate surface area is 288 Å². The van der Waals surface area contributed by atoms with Crippen LogP contribution < -0.4 is 21.1 Å². The molecule has 0 aliphatic rings. The number of rotatable bonds is 5. The maximum absolute atomic E-state index is 13.3. The summed E-state index contributed by atoms with van der Waals surface area (Å²) < 4.78 is 9.40. The van der Waals surface area contributed by atoms with E-state index in [-0.39, 0.29) is 5.36 Å². The Hall–Kier alpha value is -5.83. The predicted octanol–water partition coefficient (Wildman–Crippen LogP) is 9.79. The molecule has 8 heteroatoms. The average molecular weight is 671 g/mol. The number of thiophene rings is 1. The number of fused-ring (bicyclic) bond motifs is 4. The van der Waals surface area contributed by atoms with Crippen molar-refractivity contribution < 1.29 is 0 Å². The molecule has 0 fully saturated rings. The fraction of sp³-hybridized carbons (Fsp3) is 0.0488. The maximum atomic E-state index is 13.3. The summed E-state index contributed by atoms with van der Waals surface area (Å²) in [6, 6.07) is 41.0. The third-order valence-electron chi connectivity index (χ3n) is 9.07. The first-order valence-corrected chi connectivity index (χ1v) is 17.4. The molecule has 0 aliphatic carbocycles. The summed E-state index contributed by atoms with van der Waals surface area (Å²) in [5.41, 5.74) is 6.15. The molecular weight excluding hydrogens is 645 g/mol. The zero-order valence-electron chi connectivity index (χ0n) is 26.5. The Morgan fingerprint density at radius 1 is 0.592 bits per heavy atom. The Balaban J connectivity index is 1.25. The van der Waals surface area contributed by atoms with Crippen molar-refractivity contribution in [3.8, 4) is 10.4 Å². The van der Waals surface area contributed by atoms with E-state index in [1.807, 2.05) is 42.5 Å². The Bertz CT molecular complexity index is 2850. The van der Waals surface area contributed by atoms with Crippen molar-refractivity contribution >= 4 is 88.5 Å². The predicted molar refractivity (Wildman–Crippen MR) is 204 cm³/mol. The van der Waals surface area contributed by atoms with Crippen LogP contribution in [0, 0.1) is 13.8 Å². The molecule has 0 unspecified atom stereocenters. The molecule has 0 radical (unpaired) electrons. The SMILES string of the molecule is Cc1ccc(N(c2ccc(C)cc2)c2sc(-c3ccc(/N=c4\c(=O)c(=O)c5cc6ccccc6cc45)c4nsnc34)c3ccccc23)cc1. The van der Waals surface area contributed by atoms with E-state index >= 15 is 0 Å². The number of hydrogen-bond donors (Lipinski definition) is 0. The van der Waals surface area contributed by atoms with E-state index in [4.69, 9.17) is 9.37 Å². The lowest BCUT2D eigenvalue weighted by Crippen LogP contribution is -2.30. The summed E-state index contributed by atoms with van der Waals surface area (Å²) in [5, 5.41) is 6.26. The molecule has 0 aliphatic heterocycles. The standard InChI is InChI=1S/C41H26N4O2S2/c1-23-11-15-27(16-12-23)45(28-17-13-24(2)14-18-28)41-30-10-6-5-9-29(30)40(48-41)31-19-20-34(37-35(31)43-49-44-37)42-36-32-21-25-7-3-4-8-26(25)22-33(32)38(46)39(36)47/h3-22H,1-2H3/b42-36-. The Morgan fingerprint density at radius 3 is 1.86 bits per heavy atom. The van der Waals surface area contributed by atoms with Gasteiger partial charge in [-0.05, 0) is 73.2 Å². The van der Waals surface area contributed by atoms with Gasteiger partial charge in [0.15, 0.2) is 0 Å². The minimum absolute atomic E-state index is 0.142. The van der Waals surface area contributed by atoms with E-state index in [0.717, 1.165) is 60.1 Å². The van der Waals surface area contributed by atoms with Crippen molar-refractivity contribution in [2.75, 3.05) is 4.90 Å². The van der Waals surface area contributed by atoms with Crippen molar-refractivity contribution in [2.24, 2.45) is 4.99 Å². The number of anilines is 3. The van der Waals surface area contributed by atoms with Gasteiger partial charge in [-0.25, -0.2) is 4.99 Å². The summed E-state index contributed by atoms with van der Waals surface area (Å²) >= 11 is 2.82. The summed E-state index contributed by atoms with van der Waals surface area (Å²) in [6.07, 6.45) is 0. The van der Waals surface area contributed by atoms with Crippen molar-refractivity contribution in [1.29, 1.82) is 0 Å². The van der Waals surface area contributed by atoms with Crippen molar-refractivity contribution in [2.45, 2.75) is 13.8 Å². The fourth-order valence-corrected chi connectivity index (χ4v) is 8.46. The van der Waals surface area contributed by atoms with Crippen LogP contribution in [0.4, 0.5) is 22.1 Å². The quantitative estimate of drug-likeness (QED) is 0.171. The summed E-state index contributed by atoms with van der Waals surface area (Å²) in [5.74, 6) is 0. The molecular formula is C41H26N4O2S2. The van der Waals surface area contributed by atoms with Crippen LogP contribution >= 0.6 is 23.1 Å². The van der Waals surface area contributed by atoms with Gasteiger partial charge >= 0.3 is 0 Å². The van der Waals surface area contributed by atoms with Crippen molar-refractivity contribution in [3.63, 3.8) is 0 Å². The fourth-order valence-electron chi connectivity index (χ4n) is 6.55.